The van der Waals surface area contributed by atoms with E-state index in [0.717, 1.165) is 11.1 Å². The van der Waals surface area contributed by atoms with E-state index < -0.39 is 15.7 Å². The number of hydrogen-bond acceptors (Lipinski definition) is 6. The summed E-state index contributed by atoms with van der Waals surface area (Å²) in [7, 11) is -1.98. The summed E-state index contributed by atoms with van der Waals surface area (Å²) in [6, 6.07) is 11.9. The number of carbonyl (C=O) groups is 1. The minimum atomic E-state index is -3.52. The fraction of sp³-hybridized carbons (Fsp3) is 0.200. The summed E-state index contributed by atoms with van der Waals surface area (Å²) in [4.78, 5) is 16.8. The largest absolute Gasteiger partial charge is 0.495 e. The second-order valence-electron chi connectivity index (χ2n) is 6.32. The summed E-state index contributed by atoms with van der Waals surface area (Å²) in [5.41, 5.74) is 2.41. The smallest absolute Gasteiger partial charge is 0.227 e. The molecule has 0 radical (unpaired) electrons. The van der Waals surface area contributed by atoms with E-state index in [4.69, 9.17) is 16.3 Å². The van der Waals surface area contributed by atoms with E-state index in [0.29, 0.717) is 21.6 Å². The summed E-state index contributed by atoms with van der Waals surface area (Å²) < 4.78 is 29.8. The SMILES string of the molecule is COc1ccc(-c2csc(NC(=O)CCS(=O)(=O)c3ccc(C)cc3)n2)cc1Cl. The lowest BCUT2D eigenvalue weighted by atomic mass is 10.2. The Kier molecular flexibility index (Phi) is 6.56. The van der Waals surface area contributed by atoms with E-state index in [9.17, 15) is 13.2 Å². The van der Waals surface area contributed by atoms with Gasteiger partial charge in [0.15, 0.2) is 15.0 Å². The Bertz CT molecular complexity index is 1130. The molecule has 29 heavy (non-hydrogen) atoms. The Hall–Kier alpha value is -2.42. The van der Waals surface area contributed by atoms with E-state index in [-0.39, 0.29) is 17.1 Å². The van der Waals surface area contributed by atoms with E-state index in [1.54, 1.807) is 41.8 Å². The van der Waals surface area contributed by atoms with Gasteiger partial charge in [0.1, 0.15) is 5.75 Å². The normalized spacial score (nSPS) is 11.3. The number of aromatic nitrogens is 1. The predicted molar refractivity (Wildman–Crippen MR) is 116 cm³/mol. The number of anilines is 1. The molecular formula is C20H19ClN2O4S2. The lowest BCUT2D eigenvalue weighted by Crippen LogP contribution is -2.17. The molecule has 0 bridgehead atoms. The fourth-order valence-electron chi connectivity index (χ4n) is 2.56. The first-order valence-corrected chi connectivity index (χ1v) is 11.6. The van der Waals surface area contributed by atoms with Crippen molar-refractivity contribution in [2.45, 2.75) is 18.2 Å². The van der Waals surface area contributed by atoms with Gasteiger partial charge in [-0.1, -0.05) is 29.3 Å². The highest BCUT2D eigenvalue weighted by Crippen LogP contribution is 2.31. The van der Waals surface area contributed by atoms with E-state index in [1.165, 1.54) is 18.4 Å². The van der Waals surface area contributed by atoms with Gasteiger partial charge in [0.2, 0.25) is 5.91 Å². The zero-order valence-corrected chi connectivity index (χ0v) is 18.2. The van der Waals surface area contributed by atoms with Crippen molar-refractivity contribution in [3.63, 3.8) is 0 Å². The van der Waals surface area contributed by atoms with Crippen LogP contribution < -0.4 is 10.1 Å². The Morgan fingerprint density at radius 3 is 2.59 bits per heavy atom. The standard InChI is InChI=1S/C20H19ClN2O4S2/c1-13-3-6-15(7-4-13)29(25,26)10-9-19(24)23-20-22-17(12-28-20)14-5-8-18(27-2)16(21)11-14/h3-8,11-12H,9-10H2,1-2H3,(H,22,23,24). The molecule has 0 aliphatic carbocycles. The van der Waals surface area contributed by atoms with Crippen molar-refractivity contribution in [1.29, 1.82) is 0 Å². The molecule has 1 aromatic heterocycles. The van der Waals surface area contributed by atoms with E-state index in [2.05, 4.69) is 10.3 Å². The quantitative estimate of drug-likeness (QED) is 0.569. The third-order valence-electron chi connectivity index (χ3n) is 4.18. The average molecular weight is 451 g/mol. The average Bonchev–Trinajstić information content (AvgIpc) is 3.15. The number of hydrogen-bond donors (Lipinski definition) is 1. The third kappa shape index (κ3) is 5.35. The van der Waals surface area contributed by atoms with Crippen LogP contribution in [0.25, 0.3) is 11.3 Å². The first-order valence-electron chi connectivity index (χ1n) is 8.67. The molecule has 1 N–H and O–H groups in total. The van der Waals surface area contributed by atoms with Crippen LogP contribution in [0, 0.1) is 6.92 Å². The number of thiazole rings is 1. The molecule has 6 nitrogen and oxygen atoms in total. The van der Waals surface area contributed by atoms with Crippen molar-refractivity contribution in [3.8, 4) is 17.0 Å². The number of sulfone groups is 1. The maximum Gasteiger partial charge on any atom is 0.227 e. The first kappa shape index (κ1) is 21.3. The molecule has 0 fully saturated rings. The van der Waals surface area contributed by atoms with Crippen LogP contribution in [0.1, 0.15) is 12.0 Å². The van der Waals surface area contributed by atoms with E-state index in [1.807, 2.05) is 13.0 Å². The zero-order valence-electron chi connectivity index (χ0n) is 15.8. The molecule has 1 heterocycles. The molecule has 9 heteroatoms. The van der Waals surface area contributed by atoms with Gasteiger partial charge >= 0.3 is 0 Å². The Morgan fingerprint density at radius 1 is 1.21 bits per heavy atom. The van der Waals surface area contributed by atoms with Gasteiger partial charge in [-0.25, -0.2) is 13.4 Å². The highest BCUT2D eigenvalue weighted by Gasteiger charge is 2.17. The van der Waals surface area contributed by atoms with Gasteiger partial charge in [-0.15, -0.1) is 11.3 Å². The maximum atomic E-state index is 12.4. The van der Waals surface area contributed by atoms with Gasteiger partial charge in [0, 0.05) is 17.4 Å². The van der Waals surface area contributed by atoms with Crippen molar-refractivity contribution in [3.05, 3.63) is 58.4 Å². The van der Waals surface area contributed by atoms with Crippen LogP contribution in [-0.4, -0.2) is 32.2 Å². The number of methoxy groups -OCH3 is 1. The van der Waals surface area contributed by atoms with Crippen LogP contribution >= 0.6 is 22.9 Å². The molecule has 2 aromatic carbocycles. The first-order chi connectivity index (χ1) is 13.8. The van der Waals surface area contributed by atoms with Gasteiger partial charge in [-0.05, 0) is 37.3 Å². The lowest BCUT2D eigenvalue weighted by Gasteiger charge is -2.05. The number of benzene rings is 2. The van der Waals surface area contributed by atoms with Crippen LogP contribution in [0.5, 0.6) is 5.75 Å². The summed E-state index contributed by atoms with van der Waals surface area (Å²) in [6.07, 6.45) is -0.153. The van der Waals surface area contributed by atoms with Gasteiger partial charge in [0.05, 0.1) is 28.5 Å². The minimum absolute atomic E-state index is 0.153. The molecule has 3 aromatic rings. The molecule has 152 valence electrons. The molecule has 0 saturated heterocycles. The van der Waals surface area contributed by atoms with Crippen LogP contribution in [-0.2, 0) is 14.6 Å². The Balaban J connectivity index is 1.61. The van der Waals surface area contributed by atoms with Crippen molar-refractivity contribution in [2.24, 2.45) is 0 Å². The summed E-state index contributed by atoms with van der Waals surface area (Å²) in [5.74, 6) is -0.114. The number of halogens is 1. The number of ether oxygens (including phenoxy) is 1. The summed E-state index contributed by atoms with van der Waals surface area (Å²) in [5, 5.41) is 5.29. The van der Waals surface area contributed by atoms with E-state index >= 15 is 0 Å². The number of aryl methyl sites for hydroxylation is 1. The third-order valence-corrected chi connectivity index (χ3v) is 6.96. The second kappa shape index (κ2) is 8.94. The van der Waals surface area contributed by atoms with Gasteiger partial charge in [-0.3, -0.25) is 4.79 Å². The fourth-order valence-corrected chi connectivity index (χ4v) is 4.80. The molecule has 0 saturated carbocycles. The minimum Gasteiger partial charge on any atom is -0.495 e. The van der Waals surface area contributed by atoms with Crippen molar-refractivity contribution in [1.82, 2.24) is 4.98 Å². The maximum absolute atomic E-state index is 12.4. The molecule has 0 aliphatic heterocycles. The molecular weight excluding hydrogens is 432 g/mol. The number of carbonyl (C=O) groups excluding carboxylic acids is 1. The number of amides is 1. The van der Waals surface area contributed by atoms with Crippen LogP contribution in [0.4, 0.5) is 5.13 Å². The predicted octanol–water partition coefficient (Wildman–Crippen LogP) is 4.58. The second-order valence-corrected chi connectivity index (χ2v) is 9.69. The molecule has 0 atom stereocenters. The van der Waals surface area contributed by atoms with Gasteiger partial charge < -0.3 is 10.1 Å². The van der Waals surface area contributed by atoms with Gasteiger partial charge in [0.25, 0.3) is 0 Å². The monoisotopic (exact) mass is 450 g/mol. The molecule has 1 amide bonds. The lowest BCUT2D eigenvalue weighted by molar-refractivity contribution is -0.115. The highest BCUT2D eigenvalue weighted by atomic mass is 35.5. The number of rotatable bonds is 7. The van der Waals surface area contributed by atoms with Crippen LogP contribution in [0.2, 0.25) is 5.02 Å². The molecule has 0 spiro atoms. The number of nitrogens with zero attached hydrogens (tertiary/aromatic N) is 1. The van der Waals surface area contributed by atoms with Crippen LogP contribution in [0.15, 0.2) is 52.7 Å². The topological polar surface area (TPSA) is 85.4 Å². The van der Waals surface area contributed by atoms with Crippen molar-refractivity contribution >= 4 is 43.8 Å². The molecule has 0 aliphatic rings. The summed E-state index contributed by atoms with van der Waals surface area (Å²) >= 11 is 7.39. The Labute approximate surface area is 178 Å². The molecule has 3 rings (SSSR count). The number of nitrogens with one attached hydrogen (secondary N) is 1. The van der Waals surface area contributed by atoms with Crippen LogP contribution in [0.3, 0.4) is 0 Å². The van der Waals surface area contributed by atoms with Gasteiger partial charge in [-0.2, -0.15) is 0 Å². The highest BCUT2D eigenvalue weighted by molar-refractivity contribution is 7.91. The summed E-state index contributed by atoms with van der Waals surface area (Å²) in [6.45, 7) is 1.88. The molecule has 0 unspecified atom stereocenters. The Morgan fingerprint density at radius 2 is 1.93 bits per heavy atom. The van der Waals surface area contributed by atoms with Crippen molar-refractivity contribution < 1.29 is 17.9 Å². The zero-order chi connectivity index (χ0) is 21.0. The van der Waals surface area contributed by atoms with Crippen molar-refractivity contribution in [2.75, 3.05) is 18.2 Å².